The monoisotopic (exact) mass is 219 g/mol. The molecule has 0 aromatic carbocycles. The van der Waals surface area contributed by atoms with E-state index in [2.05, 4.69) is 12.0 Å². The van der Waals surface area contributed by atoms with Gasteiger partial charge in [0.05, 0.1) is 6.07 Å². The van der Waals surface area contributed by atoms with Crippen molar-refractivity contribution in [3.05, 3.63) is 0 Å². The van der Waals surface area contributed by atoms with Gasteiger partial charge in [-0.25, -0.2) is 0 Å². The molecule has 0 aromatic heterocycles. The van der Waals surface area contributed by atoms with Crippen molar-refractivity contribution in [3.8, 4) is 18.4 Å². The third kappa shape index (κ3) is 1.57. The van der Waals surface area contributed by atoms with E-state index in [4.69, 9.17) is 11.2 Å². The lowest BCUT2D eigenvalue weighted by Gasteiger charge is -2.49. The summed E-state index contributed by atoms with van der Waals surface area (Å²) in [6, 6.07) is 2.27. The van der Waals surface area contributed by atoms with Crippen LogP contribution in [-0.4, -0.2) is 11.6 Å². The van der Waals surface area contributed by atoms with Crippen molar-refractivity contribution in [2.24, 2.45) is 11.3 Å². The number of hydrogen-bond acceptors (Lipinski definition) is 3. The fraction of sp³-hybridized carbons (Fsp3) is 0.692. The van der Waals surface area contributed by atoms with Crippen molar-refractivity contribution in [1.82, 2.24) is 0 Å². The summed E-state index contributed by atoms with van der Waals surface area (Å²) in [5.74, 6) is 2.08. The number of carbonyl (C=O) groups excluding carboxylic acids is 1. The Hall–Kier alpha value is -1.48. The van der Waals surface area contributed by atoms with Gasteiger partial charge in [0.25, 0.3) is 0 Å². The number of terminal acetylenes is 1. The molecule has 0 radical (unpaired) electrons. The van der Waals surface area contributed by atoms with Gasteiger partial charge in [-0.3, -0.25) is 4.79 Å². The minimum absolute atomic E-state index is 0.0682. The number of carbonyl (C=O) groups is 1. The van der Waals surface area contributed by atoms with Gasteiger partial charge < -0.3 is 4.74 Å². The minimum atomic E-state index is -1.08. The van der Waals surface area contributed by atoms with Crippen LogP contribution in [0.4, 0.5) is 0 Å². The SMILES string of the molecule is C#C[C@](OC(C)=O)(C(C)C)C1(C#N)CCC1. The molecule has 86 valence electrons. The zero-order valence-corrected chi connectivity index (χ0v) is 10.0. The van der Waals surface area contributed by atoms with Gasteiger partial charge in [0, 0.05) is 12.8 Å². The Labute approximate surface area is 96.8 Å². The Morgan fingerprint density at radius 3 is 2.31 bits per heavy atom. The Balaban J connectivity index is 3.18. The molecule has 0 aliphatic heterocycles. The van der Waals surface area contributed by atoms with Crippen molar-refractivity contribution in [3.63, 3.8) is 0 Å². The van der Waals surface area contributed by atoms with Crippen LogP contribution in [0.5, 0.6) is 0 Å². The maximum Gasteiger partial charge on any atom is 0.304 e. The van der Waals surface area contributed by atoms with E-state index in [-0.39, 0.29) is 5.92 Å². The summed E-state index contributed by atoms with van der Waals surface area (Å²) >= 11 is 0. The van der Waals surface area contributed by atoms with E-state index in [9.17, 15) is 10.1 Å². The molecule has 0 heterocycles. The molecule has 0 aromatic rings. The first-order chi connectivity index (χ1) is 7.44. The first-order valence-electron chi connectivity index (χ1n) is 5.53. The van der Waals surface area contributed by atoms with Crippen LogP contribution < -0.4 is 0 Å². The standard InChI is InChI=1S/C13H17NO2/c1-5-13(10(2)3,16-11(4)15)12(9-14)7-6-8-12/h1,10H,6-8H2,2-4H3/t13-/m0/s1. The first-order valence-corrected chi connectivity index (χ1v) is 5.53. The van der Waals surface area contributed by atoms with E-state index in [1.54, 1.807) is 0 Å². The summed E-state index contributed by atoms with van der Waals surface area (Å²) in [5, 5.41) is 9.33. The van der Waals surface area contributed by atoms with E-state index in [0.29, 0.717) is 12.8 Å². The lowest BCUT2D eigenvalue weighted by Crippen LogP contribution is -2.56. The summed E-state index contributed by atoms with van der Waals surface area (Å²) in [5.41, 5.74) is -1.77. The molecule has 1 fully saturated rings. The number of nitriles is 1. The molecule has 0 bridgehead atoms. The third-order valence-electron chi connectivity index (χ3n) is 3.46. The second-order valence-electron chi connectivity index (χ2n) is 4.68. The molecule has 0 saturated heterocycles. The highest BCUT2D eigenvalue weighted by Crippen LogP contribution is 2.53. The Morgan fingerprint density at radius 1 is 1.56 bits per heavy atom. The molecule has 1 saturated carbocycles. The summed E-state index contributed by atoms with van der Waals surface area (Å²) < 4.78 is 5.35. The van der Waals surface area contributed by atoms with Crippen LogP contribution in [0.3, 0.4) is 0 Å². The zero-order chi connectivity index (χ0) is 12.4. The maximum absolute atomic E-state index is 11.2. The number of ether oxygens (including phenoxy) is 1. The summed E-state index contributed by atoms with van der Waals surface area (Å²) in [7, 11) is 0. The second-order valence-corrected chi connectivity index (χ2v) is 4.68. The molecule has 0 amide bonds. The van der Waals surface area contributed by atoms with Gasteiger partial charge in [0.2, 0.25) is 0 Å². The van der Waals surface area contributed by atoms with Crippen molar-refractivity contribution in [2.75, 3.05) is 0 Å². The van der Waals surface area contributed by atoms with Crippen molar-refractivity contribution >= 4 is 5.97 Å². The van der Waals surface area contributed by atoms with Crippen LogP contribution in [0.1, 0.15) is 40.0 Å². The van der Waals surface area contributed by atoms with Crippen molar-refractivity contribution < 1.29 is 9.53 Å². The van der Waals surface area contributed by atoms with Gasteiger partial charge in [0.15, 0.2) is 5.60 Å². The van der Waals surface area contributed by atoms with Gasteiger partial charge in [-0.15, -0.1) is 6.42 Å². The van der Waals surface area contributed by atoms with E-state index < -0.39 is 17.0 Å². The largest absolute Gasteiger partial charge is 0.444 e. The van der Waals surface area contributed by atoms with Gasteiger partial charge in [0.1, 0.15) is 5.41 Å². The molecular weight excluding hydrogens is 202 g/mol. The number of hydrogen-bond donors (Lipinski definition) is 0. The smallest absolute Gasteiger partial charge is 0.304 e. The van der Waals surface area contributed by atoms with Gasteiger partial charge >= 0.3 is 5.97 Å². The van der Waals surface area contributed by atoms with E-state index in [1.807, 2.05) is 13.8 Å². The fourth-order valence-electron chi connectivity index (χ4n) is 2.43. The van der Waals surface area contributed by atoms with Crippen LogP contribution in [0, 0.1) is 35.0 Å². The molecule has 16 heavy (non-hydrogen) atoms. The first kappa shape index (κ1) is 12.6. The summed E-state index contributed by atoms with van der Waals surface area (Å²) in [6.45, 7) is 5.11. The molecule has 1 aliphatic rings. The van der Waals surface area contributed by atoms with E-state index >= 15 is 0 Å². The van der Waals surface area contributed by atoms with E-state index in [1.165, 1.54) is 6.92 Å². The fourth-order valence-corrected chi connectivity index (χ4v) is 2.43. The highest BCUT2D eigenvalue weighted by atomic mass is 16.6. The molecule has 1 aliphatic carbocycles. The second kappa shape index (κ2) is 4.18. The lowest BCUT2D eigenvalue weighted by atomic mass is 9.56. The molecule has 1 atom stereocenters. The molecule has 0 unspecified atom stereocenters. The van der Waals surface area contributed by atoms with Crippen LogP contribution >= 0.6 is 0 Å². The number of rotatable bonds is 3. The Kier molecular flexibility index (Phi) is 3.29. The Morgan fingerprint density at radius 2 is 2.12 bits per heavy atom. The van der Waals surface area contributed by atoms with Crippen LogP contribution in [0.2, 0.25) is 0 Å². The minimum Gasteiger partial charge on any atom is -0.444 e. The lowest BCUT2D eigenvalue weighted by molar-refractivity contribution is -0.173. The third-order valence-corrected chi connectivity index (χ3v) is 3.46. The summed E-state index contributed by atoms with van der Waals surface area (Å²) in [4.78, 5) is 11.2. The maximum atomic E-state index is 11.2. The highest BCUT2D eigenvalue weighted by Gasteiger charge is 2.59. The molecule has 0 N–H and O–H groups in total. The average molecular weight is 219 g/mol. The zero-order valence-electron chi connectivity index (χ0n) is 10.0. The molecule has 3 heteroatoms. The van der Waals surface area contributed by atoms with Crippen LogP contribution in [0.25, 0.3) is 0 Å². The molecular formula is C13H17NO2. The average Bonchev–Trinajstić information content (AvgIpc) is 2.14. The summed E-state index contributed by atoms with van der Waals surface area (Å²) in [6.07, 6.45) is 7.93. The number of nitrogens with zero attached hydrogens (tertiary/aromatic N) is 1. The number of esters is 1. The van der Waals surface area contributed by atoms with Crippen LogP contribution in [-0.2, 0) is 9.53 Å². The molecule has 1 rings (SSSR count). The van der Waals surface area contributed by atoms with Crippen LogP contribution in [0.15, 0.2) is 0 Å². The van der Waals surface area contributed by atoms with Gasteiger partial charge in [-0.2, -0.15) is 5.26 Å². The predicted octanol–water partition coefficient (Wildman–Crippen LogP) is 2.27. The van der Waals surface area contributed by atoms with E-state index in [0.717, 1.165) is 6.42 Å². The van der Waals surface area contributed by atoms with Gasteiger partial charge in [-0.1, -0.05) is 19.8 Å². The van der Waals surface area contributed by atoms with Crippen molar-refractivity contribution in [1.29, 1.82) is 5.26 Å². The van der Waals surface area contributed by atoms with Crippen molar-refractivity contribution in [2.45, 2.75) is 45.6 Å². The quantitative estimate of drug-likeness (QED) is 0.540. The predicted molar refractivity (Wildman–Crippen MR) is 60.1 cm³/mol. The highest BCUT2D eigenvalue weighted by molar-refractivity contribution is 5.67. The van der Waals surface area contributed by atoms with Gasteiger partial charge in [-0.05, 0) is 19.3 Å². The normalized spacial score (nSPS) is 21.1. The molecule has 0 spiro atoms. The topological polar surface area (TPSA) is 50.1 Å². The Bertz CT molecular complexity index is 368. The molecule has 3 nitrogen and oxygen atoms in total.